The van der Waals surface area contributed by atoms with Crippen LogP contribution in [0.1, 0.15) is 46.9 Å². The lowest BCUT2D eigenvalue weighted by Gasteiger charge is -2.22. The van der Waals surface area contributed by atoms with Crippen molar-refractivity contribution in [3.05, 3.63) is 64.8 Å². The maximum atomic E-state index is 13.0. The number of fused-ring (bicyclic) bond motifs is 3. The van der Waals surface area contributed by atoms with E-state index >= 15 is 0 Å². The van der Waals surface area contributed by atoms with Crippen LogP contribution in [-0.2, 0) is 16.0 Å². The molecule has 6 nitrogen and oxygen atoms in total. The summed E-state index contributed by atoms with van der Waals surface area (Å²) in [6.45, 7) is 1.40. The van der Waals surface area contributed by atoms with Gasteiger partial charge in [0.05, 0.1) is 16.8 Å². The number of rotatable bonds is 4. The van der Waals surface area contributed by atoms with E-state index < -0.39 is 5.97 Å². The molecule has 156 valence electrons. The molecule has 2 aliphatic rings. The van der Waals surface area contributed by atoms with Crippen LogP contribution in [0.25, 0.3) is 22.6 Å². The number of ether oxygens (including phenoxy) is 3. The minimum Gasteiger partial charge on any atom is -0.454 e. The minimum absolute atomic E-state index is 0.191. The van der Waals surface area contributed by atoms with Crippen LogP contribution >= 0.6 is 0 Å². The van der Waals surface area contributed by atoms with Gasteiger partial charge in [-0.05, 0) is 67.2 Å². The highest BCUT2D eigenvalue weighted by atomic mass is 16.7. The molecule has 31 heavy (non-hydrogen) atoms. The molecule has 0 bridgehead atoms. The summed E-state index contributed by atoms with van der Waals surface area (Å²) in [4.78, 5) is 29.2. The molecule has 1 aliphatic heterocycles. The summed E-state index contributed by atoms with van der Waals surface area (Å²) in [5, 5.41) is 0.749. The maximum absolute atomic E-state index is 13.0. The lowest BCUT2D eigenvalue weighted by Crippen LogP contribution is -2.17. The van der Waals surface area contributed by atoms with Crippen LogP contribution in [0.2, 0.25) is 0 Å². The van der Waals surface area contributed by atoms with Gasteiger partial charge in [-0.25, -0.2) is 9.78 Å². The van der Waals surface area contributed by atoms with Gasteiger partial charge in [-0.15, -0.1) is 0 Å². The van der Waals surface area contributed by atoms with E-state index in [0.717, 1.165) is 64.1 Å². The van der Waals surface area contributed by atoms with Crippen molar-refractivity contribution in [3.63, 3.8) is 0 Å². The highest BCUT2D eigenvalue weighted by molar-refractivity contribution is 6.07. The van der Waals surface area contributed by atoms with Gasteiger partial charge in [0.25, 0.3) is 0 Å². The molecule has 0 radical (unpaired) electrons. The van der Waals surface area contributed by atoms with Gasteiger partial charge in [0.1, 0.15) is 6.61 Å². The third-order valence-electron chi connectivity index (χ3n) is 5.52. The van der Waals surface area contributed by atoms with E-state index in [-0.39, 0.29) is 19.2 Å². The monoisotopic (exact) mass is 415 g/mol. The van der Waals surface area contributed by atoms with Crippen molar-refractivity contribution < 1.29 is 23.8 Å². The molecular weight excluding hydrogens is 394 g/mol. The van der Waals surface area contributed by atoms with Crippen molar-refractivity contribution in [2.24, 2.45) is 0 Å². The number of allylic oxidation sites excluding steroid dienone is 1. The number of benzene rings is 2. The van der Waals surface area contributed by atoms with Gasteiger partial charge >= 0.3 is 5.97 Å². The molecule has 5 rings (SSSR count). The molecule has 0 saturated carbocycles. The molecule has 2 aromatic carbocycles. The number of hydrogen-bond acceptors (Lipinski definition) is 6. The Morgan fingerprint density at radius 1 is 1.10 bits per heavy atom. The van der Waals surface area contributed by atoms with Crippen molar-refractivity contribution >= 4 is 34.3 Å². The van der Waals surface area contributed by atoms with Gasteiger partial charge in [-0.1, -0.05) is 24.3 Å². The summed E-state index contributed by atoms with van der Waals surface area (Å²) in [5.41, 5.74) is 4.99. The number of carbonyl (C=O) groups excluding carboxylic acids is 2. The van der Waals surface area contributed by atoms with E-state index in [0.29, 0.717) is 5.56 Å². The van der Waals surface area contributed by atoms with E-state index in [1.54, 1.807) is 0 Å². The average Bonchev–Trinajstić information content (AvgIpc) is 3.24. The molecule has 3 aromatic rings. The third-order valence-corrected chi connectivity index (χ3v) is 5.52. The Balaban J connectivity index is 1.63. The molecule has 0 unspecified atom stereocenters. The minimum atomic E-state index is -0.477. The van der Waals surface area contributed by atoms with Crippen molar-refractivity contribution in [3.8, 4) is 11.5 Å². The highest BCUT2D eigenvalue weighted by Crippen LogP contribution is 2.38. The van der Waals surface area contributed by atoms with Crippen LogP contribution in [0.15, 0.2) is 42.5 Å². The third kappa shape index (κ3) is 3.65. The zero-order chi connectivity index (χ0) is 21.4. The molecule has 0 saturated heterocycles. The number of aromatic nitrogens is 1. The second-order valence-corrected chi connectivity index (χ2v) is 7.75. The molecular formula is C25H21NO5. The van der Waals surface area contributed by atoms with Gasteiger partial charge in [0.15, 0.2) is 17.3 Å². The highest BCUT2D eigenvalue weighted by Gasteiger charge is 2.26. The normalized spacial score (nSPS) is 15.7. The molecule has 1 aromatic heterocycles. The summed E-state index contributed by atoms with van der Waals surface area (Å²) in [5.74, 6) is 0.800. The Kier molecular flexibility index (Phi) is 4.90. The second kappa shape index (κ2) is 7.87. The number of nitrogens with zero attached hydrogens (tertiary/aromatic N) is 1. The Hall–Kier alpha value is -3.67. The molecule has 1 aliphatic carbocycles. The van der Waals surface area contributed by atoms with Crippen LogP contribution in [0.4, 0.5) is 0 Å². The molecule has 0 amide bonds. The Bertz CT molecular complexity index is 1240. The fourth-order valence-electron chi connectivity index (χ4n) is 4.15. The summed E-state index contributed by atoms with van der Waals surface area (Å²) >= 11 is 0. The van der Waals surface area contributed by atoms with Crippen LogP contribution in [0.5, 0.6) is 11.5 Å². The standard InChI is InChI=1S/C25H21NO5/c1-15(27)13-29-25(28)23-18-6-2-3-8-20(18)26-24-17(5-4-7-19(23)24)11-16-9-10-21-22(12-16)31-14-30-21/h2-3,6,8-12H,4-5,7,13-14H2,1H3/b17-11-. The average molecular weight is 415 g/mol. The molecule has 2 heterocycles. The van der Waals surface area contributed by atoms with E-state index in [4.69, 9.17) is 19.2 Å². The topological polar surface area (TPSA) is 74.7 Å². The van der Waals surface area contributed by atoms with E-state index in [1.165, 1.54) is 6.92 Å². The van der Waals surface area contributed by atoms with Gasteiger partial charge in [0.2, 0.25) is 6.79 Å². The molecule has 0 N–H and O–H groups in total. The maximum Gasteiger partial charge on any atom is 0.339 e. The summed E-state index contributed by atoms with van der Waals surface area (Å²) in [6, 6.07) is 13.4. The lowest BCUT2D eigenvalue weighted by atomic mass is 9.86. The predicted octanol–water partition coefficient (Wildman–Crippen LogP) is 4.59. The number of pyridine rings is 1. The first-order valence-corrected chi connectivity index (χ1v) is 10.3. The number of ketones is 1. The van der Waals surface area contributed by atoms with Gasteiger partial charge < -0.3 is 14.2 Å². The Morgan fingerprint density at radius 2 is 1.94 bits per heavy atom. The fraction of sp³-hybridized carbons (Fsp3) is 0.240. The summed E-state index contributed by atoms with van der Waals surface area (Å²) in [7, 11) is 0. The van der Waals surface area contributed by atoms with Gasteiger partial charge in [0, 0.05) is 5.39 Å². The summed E-state index contributed by atoms with van der Waals surface area (Å²) < 4.78 is 16.2. The number of para-hydroxylation sites is 1. The van der Waals surface area contributed by atoms with Crippen LogP contribution < -0.4 is 9.47 Å². The van der Waals surface area contributed by atoms with Gasteiger partial charge in [-0.3, -0.25) is 4.79 Å². The lowest BCUT2D eigenvalue weighted by molar-refractivity contribution is -0.120. The molecule has 0 spiro atoms. The first-order chi connectivity index (χ1) is 15.1. The molecule has 0 fully saturated rings. The summed E-state index contributed by atoms with van der Waals surface area (Å²) in [6.07, 6.45) is 4.58. The SMILES string of the molecule is CC(=O)COC(=O)c1c2c(nc3ccccc13)/C(=C\c1ccc3c(c1)OCO3)CCC2. The molecule has 6 heteroatoms. The Morgan fingerprint density at radius 3 is 2.81 bits per heavy atom. The first-order valence-electron chi connectivity index (χ1n) is 10.3. The zero-order valence-corrected chi connectivity index (χ0v) is 17.1. The van der Waals surface area contributed by atoms with Crippen LogP contribution in [0, 0.1) is 0 Å². The molecule has 0 atom stereocenters. The number of esters is 1. The van der Waals surface area contributed by atoms with Crippen molar-refractivity contribution in [2.45, 2.75) is 26.2 Å². The second-order valence-electron chi connectivity index (χ2n) is 7.75. The number of hydrogen-bond donors (Lipinski definition) is 0. The predicted molar refractivity (Wildman–Crippen MR) is 116 cm³/mol. The van der Waals surface area contributed by atoms with Crippen LogP contribution in [-0.4, -0.2) is 30.1 Å². The largest absolute Gasteiger partial charge is 0.454 e. The van der Waals surface area contributed by atoms with Crippen molar-refractivity contribution in [1.82, 2.24) is 4.98 Å². The fourth-order valence-corrected chi connectivity index (χ4v) is 4.15. The Labute approximate surface area is 179 Å². The number of carbonyl (C=O) groups is 2. The van der Waals surface area contributed by atoms with E-state index in [2.05, 4.69) is 6.08 Å². The zero-order valence-electron chi connectivity index (χ0n) is 17.1. The van der Waals surface area contributed by atoms with Crippen molar-refractivity contribution in [2.75, 3.05) is 13.4 Å². The van der Waals surface area contributed by atoms with E-state index in [1.807, 2.05) is 42.5 Å². The quantitative estimate of drug-likeness (QED) is 0.581. The first kappa shape index (κ1) is 19.3. The van der Waals surface area contributed by atoms with Crippen LogP contribution in [0.3, 0.4) is 0 Å². The van der Waals surface area contributed by atoms with E-state index in [9.17, 15) is 9.59 Å². The van der Waals surface area contributed by atoms with Gasteiger partial charge in [-0.2, -0.15) is 0 Å². The smallest absolute Gasteiger partial charge is 0.339 e. The number of Topliss-reactive ketones (excluding diaryl/α,β-unsaturated/α-hetero) is 1. The van der Waals surface area contributed by atoms with Crippen molar-refractivity contribution in [1.29, 1.82) is 0 Å².